The molecule has 1 aromatic rings. The molecule has 0 aromatic heterocycles. The van der Waals surface area contributed by atoms with Crippen LogP contribution in [0.25, 0.3) is 0 Å². The summed E-state index contributed by atoms with van der Waals surface area (Å²) in [5.41, 5.74) is 1.38. The SMILES string of the molecule is C=CC[N+](C)(C)Cc1ccccc1.Cl.[Na+]. The first-order chi connectivity index (χ1) is 6.14. The molecule has 78 valence electrons. The maximum atomic E-state index is 3.77. The van der Waals surface area contributed by atoms with Gasteiger partial charge >= 0.3 is 29.6 Å². The Morgan fingerprint density at radius 3 is 2.20 bits per heavy atom. The summed E-state index contributed by atoms with van der Waals surface area (Å²) in [7, 11) is 4.43. The van der Waals surface area contributed by atoms with Crippen LogP contribution in [0.5, 0.6) is 0 Å². The second kappa shape index (κ2) is 8.37. The van der Waals surface area contributed by atoms with Crippen LogP contribution in [-0.4, -0.2) is 25.1 Å². The van der Waals surface area contributed by atoms with Crippen LogP contribution < -0.4 is 29.6 Å². The third kappa shape index (κ3) is 7.15. The fraction of sp³-hybridized carbons (Fsp3) is 0.333. The third-order valence-corrected chi connectivity index (χ3v) is 2.08. The predicted octanol–water partition coefficient (Wildman–Crippen LogP) is -0.125. The normalized spacial score (nSPS) is 9.73. The zero-order valence-electron chi connectivity index (χ0n) is 9.94. The molecule has 0 unspecified atom stereocenters. The molecule has 0 saturated carbocycles. The molecule has 0 bridgehead atoms. The van der Waals surface area contributed by atoms with Gasteiger partial charge in [-0.2, -0.15) is 0 Å². The molecule has 0 radical (unpaired) electrons. The van der Waals surface area contributed by atoms with Crippen LogP contribution in [0.4, 0.5) is 0 Å². The van der Waals surface area contributed by atoms with Gasteiger partial charge in [0.15, 0.2) is 0 Å². The minimum atomic E-state index is 0. The van der Waals surface area contributed by atoms with Crippen LogP contribution in [0.15, 0.2) is 43.0 Å². The minimum absolute atomic E-state index is 0. The summed E-state index contributed by atoms with van der Waals surface area (Å²) in [5.74, 6) is 0. The molecule has 0 aliphatic rings. The maximum absolute atomic E-state index is 3.77. The molecule has 0 saturated heterocycles. The summed E-state index contributed by atoms with van der Waals surface area (Å²) >= 11 is 0. The van der Waals surface area contributed by atoms with E-state index in [0.29, 0.717) is 0 Å². The van der Waals surface area contributed by atoms with E-state index >= 15 is 0 Å². The molecule has 0 amide bonds. The van der Waals surface area contributed by atoms with Crippen molar-refractivity contribution >= 4 is 12.4 Å². The predicted molar refractivity (Wildman–Crippen MR) is 64.6 cm³/mol. The number of nitrogens with zero attached hydrogens (tertiary/aromatic N) is 1. The minimum Gasteiger partial charge on any atom is -0.321 e. The van der Waals surface area contributed by atoms with Crippen LogP contribution in [0, 0.1) is 0 Å². The fourth-order valence-electron chi connectivity index (χ4n) is 1.49. The Kier molecular flexibility index (Phi) is 9.82. The topological polar surface area (TPSA) is 0 Å². The molecule has 3 heteroatoms. The van der Waals surface area contributed by atoms with Gasteiger partial charge in [0.1, 0.15) is 6.54 Å². The summed E-state index contributed by atoms with van der Waals surface area (Å²) in [6.07, 6.45) is 1.98. The zero-order chi connectivity index (χ0) is 9.73. The van der Waals surface area contributed by atoms with Gasteiger partial charge in [0, 0.05) is 5.56 Å². The van der Waals surface area contributed by atoms with Gasteiger partial charge < -0.3 is 4.48 Å². The van der Waals surface area contributed by atoms with Crippen molar-refractivity contribution in [2.24, 2.45) is 0 Å². The standard InChI is InChI=1S/C12H18N.ClH.Na/c1-4-10-13(2,3)11-12-8-6-5-7-9-12;;/h4-9H,1,10-11H2,2-3H3;1H;/q+1;;+1. The monoisotopic (exact) mass is 235 g/mol. The first-order valence-electron chi connectivity index (χ1n) is 4.61. The smallest absolute Gasteiger partial charge is 0.321 e. The molecule has 0 fully saturated rings. The molecular formula is C12H19ClNNa+2. The van der Waals surface area contributed by atoms with Gasteiger partial charge in [-0.25, -0.2) is 0 Å². The van der Waals surface area contributed by atoms with E-state index in [1.165, 1.54) is 5.56 Å². The molecule has 1 aromatic carbocycles. The Labute approximate surface area is 121 Å². The van der Waals surface area contributed by atoms with E-state index < -0.39 is 0 Å². The van der Waals surface area contributed by atoms with Crippen LogP contribution in [0.1, 0.15) is 5.56 Å². The summed E-state index contributed by atoms with van der Waals surface area (Å²) in [6.45, 7) is 5.84. The van der Waals surface area contributed by atoms with E-state index in [-0.39, 0.29) is 42.0 Å². The first-order valence-corrected chi connectivity index (χ1v) is 4.61. The van der Waals surface area contributed by atoms with Crippen molar-refractivity contribution in [2.45, 2.75) is 6.54 Å². The van der Waals surface area contributed by atoms with E-state index in [2.05, 4.69) is 51.0 Å². The number of quaternary nitrogens is 1. The molecule has 15 heavy (non-hydrogen) atoms. The van der Waals surface area contributed by atoms with Gasteiger partial charge in [0.2, 0.25) is 0 Å². The van der Waals surface area contributed by atoms with Crippen molar-refractivity contribution in [3.05, 3.63) is 48.6 Å². The molecule has 1 nitrogen and oxygen atoms in total. The average molecular weight is 236 g/mol. The van der Waals surface area contributed by atoms with E-state index in [1.807, 2.05) is 6.08 Å². The van der Waals surface area contributed by atoms with Crippen molar-refractivity contribution < 1.29 is 34.0 Å². The van der Waals surface area contributed by atoms with Crippen LogP contribution in [0.3, 0.4) is 0 Å². The van der Waals surface area contributed by atoms with Crippen LogP contribution >= 0.6 is 12.4 Å². The Hall–Kier alpha value is 0.210. The van der Waals surface area contributed by atoms with Crippen LogP contribution in [-0.2, 0) is 6.54 Å². The summed E-state index contributed by atoms with van der Waals surface area (Å²) in [6, 6.07) is 10.6. The zero-order valence-corrected chi connectivity index (χ0v) is 12.8. The van der Waals surface area contributed by atoms with E-state index in [0.717, 1.165) is 17.6 Å². The summed E-state index contributed by atoms with van der Waals surface area (Å²) < 4.78 is 0.966. The molecule has 0 aliphatic heterocycles. The Bertz CT molecular complexity index is 272. The number of halogens is 1. The van der Waals surface area contributed by atoms with Gasteiger partial charge in [0.25, 0.3) is 0 Å². The van der Waals surface area contributed by atoms with Crippen molar-refractivity contribution in [1.29, 1.82) is 0 Å². The van der Waals surface area contributed by atoms with Gasteiger partial charge in [-0.05, 0) is 6.08 Å². The molecule has 0 spiro atoms. The number of hydrogen-bond acceptors (Lipinski definition) is 0. The number of hydrogen-bond donors (Lipinski definition) is 0. The number of likely N-dealkylation sites (N-methyl/N-ethyl adjacent to an activating group) is 1. The Balaban J connectivity index is 0. The Morgan fingerprint density at radius 2 is 1.73 bits per heavy atom. The van der Waals surface area contributed by atoms with E-state index in [4.69, 9.17) is 0 Å². The van der Waals surface area contributed by atoms with Crippen molar-refractivity contribution in [2.75, 3.05) is 20.6 Å². The van der Waals surface area contributed by atoms with Crippen molar-refractivity contribution in [1.82, 2.24) is 0 Å². The average Bonchev–Trinajstić information content (AvgIpc) is 2.04. The molecule has 0 N–H and O–H groups in total. The van der Waals surface area contributed by atoms with E-state index in [1.54, 1.807) is 0 Å². The second-order valence-electron chi connectivity index (χ2n) is 4.05. The van der Waals surface area contributed by atoms with Crippen molar-refractivity contribution in [3.63, 3.8) is 0 Å². The largest absolute Gasteiger partial charge is 1.00 e. The molecule has 1 rings (SSSR count). The first kappa shape index (κ1) is 17.6. The van der Waals surface area contributed by atoms with Crippen molar-refractivity contribution in [3.8, 4) is 0 Å². The number of rotatable bonds is 4. The van der Waals surface area contributed by atoms with Gasteiger partial charge in [-0.1, -0.05) is 36.9 Å². The summed E-state index contributed by atoms with van der Waals surface area (Å²) in [4.78, 5) is 0. The fourth-order valence-corrected chi connectivity index (χ4v) is 1.49. The van der Waals surface area contributed by atoms with Gasteiger partial charge in [0.05, 0.1) is 20.6 Å². The van der Waals surface area contributed by atoms with Gasteiger partial charge in [-0.15, -0.1) is 12.4 Å². The molecule has 0 atom stereocenters. The van der Waals surface area contributed by atoms with Gasteiger partial charge in [-0.3, -0.25) is 0 Å². The second-order valence-corrected chi connectivity index (χ2v) is 4.05. The molecular weight excluding hydrogens is 217 g/mol. The molecule has 0 aliphatic carbocycles. The maximum Gasteiger partial charge on any atom is 1.00 e. The quantitative estimate of drug-likeness (QED) is 0.388. The van der Waals surface area contributed by atoms with E-state index in [9.17, 15) is 0 Å². The van der Waals surface area contributed by atoms with Crippen LogP contribution in [0.2, 0.25) is 0 Å². The third-order valence-electron chi connectivity index (χ3n) is 2.08. The summed E-state index contributed by atoms with van der Waals surface area (Å²) in [5, 5.41) is 0. The molecule has 0 heterocycles. The Morgan fingerprint density at radius 1 is 1.20 bits per heavy atom. The number of benzene rings is 1.